The number of hydrogen-bond donors (Lipinski definition) is 2. The molecular formula is C11H17ClN4O. The molecule has 17 heavy (non-hydrogen) atoms. The van der Waals surface area contributed by atoms with Crippen LogP contribution < -0.4 is 11.1 Å². The lowest BCUT2D eigenvalue weighted by molar-refractivity contribution is 0.179. The quantitative estimate of drug-likeness (QED) is 0.613. The number of guanidine groups is 1. The molecule has 1 unspecified atom stereocenters. The minimum absolute atomic E-state index is 0.127. The third-order valence-corrected chi connectivity index (χ3v) is 2.23. The first-order valence-electron chi connectivity index (χ1n) is 5.27. The molecule has 1 rings (SSSR count). The van der Waals surface area contributed by atoms with Crippen molar-refractivity contribution in [3.05, 3.63) is 29.0 Å². The molecule has 1 aromatic heterocycles. The van der Waals surface area contributed by atoms with Crippen LogP contribution in [0.25, 0.3) is 0 Å². The van der Waals surface area contributed by atoms with Crippen molar-refractivity contribution in [2.24, 2.45) is 10.7 Å². The van der Waals surface area contributed by atoms with Crippen LogP contribution in [0.1, 0.15) is 12.6 Å². The smallest absolute Gasteiger partial charge is 0.189 e. The lowest BCUT2D eigenvalue weighted by Crippen LogP contribution is -2.40. The van der Waals surface area contributed by atoms with Gasteiger partial charge in [0.05, 0.1) is 23.9 Å². The average Bonchev–Trinajstić information content (AvgIpc) is 2.28. The molecule has 0 aliphatic carbocycles. The molecule has 0 radical (unpaired) electrons. The molecule has 0 saturated heterocycles. The Bertz CT molecular complexity index is 366. The molecule has 3 N–H and O–H groups in total. The number of nitrogens with two attached hydrogens (primary N) is 1. The number of aromatic nitrogens is 1. The molecule has 5 nitrogen and oxygen atoms in total. The Hall–Kier alpha value is -1.33. The Morgan fingerprint density at radius 3 is 3.00 bits per heavy atom. The summed E-state index contributed by atoms with van der Waals surface area (Å²) in [5.41, 5.74) is 6.53. The van der Waals surface area contributed by atoms with E-state index < -0.39 is 0 Å². The van der Waals surface area contributed by atoms with Crippen LogP contribution in [0.3, 0.4) is 0 Å². The Morgan fingerprint density at radius 1 is 1.65 bits per heavy atom. The maximum atomic E-state index is 5.73. The van der Waals surface area contributed by atoms with Crippen molar-refractivity contribution in [3.8, 4) is 0 Å². The van der Waals surface area contributed by atoms with Gasteiger partial charge in [0.1, 0.15) is 0 Å². The molecule has 0 amide bonds. The highest BCUT2D eigenvalue weighted by Crippen LogP contribution is 2.06. The summed E-state index contributed by atoms with van der Waals surface area (Å²) in [5, 5.41) is 3.62. The molecule has 0 bridgehead atoms. The standard InChI is InChI=1S/C11H17ClN4O/c1-8(7-17-2)16-11(13)15-6-10-4-3-9(12)5-14-10/h3-5,8H,6-7H2,1-2H3,(H3,13,15,16). The Labute approximate surface area is 106 Å². The number of halogens is 1. The van der Waals surface area contributed by atoms with E-state index in [1.54, 1.807) is 19.4 Å². The molecule has 0 aliphatic rings. The predicted molar refractivity (Wildman–Crippen MR) is 69.0 cm³/mol. The number of nitrogens with one attached hydrogen (secondary N) is 1. The van der Waals surface area contributed by atoms with Gasteiger partial charge in [-0.05, 0) is 19.1 Å². The monoisotopic (exact) mass is 256 g/mol. The average molecular weight is 257 g/mol. The van der Waals surface area contributed by atoms with Crippen molar-refractivity contribution in [1.82, 2.24) is 10.3 Å². The minimum atomic E-state index is 0.127. The second-order valence-corrected chi connectivity index (χ2v) is 4.11. The summed E-state index contributed by atoms with van der Waals surface area (Å²) in [6, 6.07) is 3.72. The first-order valence-corrected chi connectivity index (χ1v) is 5.65. The SMILES string of the molecule is COCC(C)NC(N)=NCc1ccc(Cl)cn1. The van der Waals surface area contributed by atoms with Crippen molar-refractivity contribution >= 4 is 17.6 Å². The Balaban J connectivity index is 2.44. The van der Waals surface area contributed by atoms with E-state index in [9.17, 15) is 0 Å². The van der Waals surface area contributed by atoms with Crippen molar-refractivity contribution in [2.45, 2.75) is 19.5 Å². The van der Waals surface area contributed by atoms with Crippen LogP contribution in [0.5, 0.6) is 0 Å². The predicted octanol–water partition coefficient (Wildman–Crippen LogP) is 1.17. The highest BCUT2D eigenvalue weighted by Gasteiger charge is 2.01. The maximum Gasteiger partial charge on any atom is 0.189 e. The van der Waals surface area contributed by atoms with Crippen LogP contribution in [0.2, 0.25) is 5.02 Å². The van der Waals surface area contributed by atoms with Gasteiger partial charge in [-0.3, -0.25) is 4.98 Å². The van der Waals surface area contributed by atoms with Crippen LogP contribution in [0.4, 0.5) is 0 Å². The lowest BCUT2D eigenvalue weighted by atomic mass is 10.3. The number of aliphatic imine (C=N–C) groups is 1. The van der Waals surface area contributed by atoms with Crippen molar-refractivity contribution in [1.29, 1.82) is 0 Å². The van der Waals surface area contributed by atoms with Gasteiger partial charge in [-0.15, -0.1) is 0 Å². The number of hydrogen-bond acceptors (Lipinski definition) is 3. The van der Waals surface area contributed by atoms with Crippen LogP contribution in [0, 0.1) is 0 Å². The molecular weight excluding hydrogens is 240 g/mol. The molecule has 0 fully saturated rings. The number of pyridine rings is 1. The fraction of sp³-hybridized carbons (Fsp3) is 0.455. The van der Waals surface area contributed by atoms with Crippen molar-refractivity contribution in [3.63, 3.8) is 0 Å². The molecule has 1 atom stereocenters. The van der Waals surface area contributed by atoms with E-state index >= 15 is 0 Å². The molecule has 1 aromatic rings. The van der Waals surface area contributed by atoms with E-state index in [1.165, 1.54) is 0 Å². The van der Waals surface area contributed by atoms with Gasteiger partial charge < -0.3 is 15.8 Å². The van der Waals surface area contributed by atoms with E-state index in [0.29, 0.717) is 24.1 Å². The number of nitrogens with zero attached hydrogens (tertiary/aromatic N) is 2. The van der Waals surface area contributed by atoms with Gasteiger partial charge in [-0.25, -0.2) is 4.99 Å². The molecule has 0 aromatic carbocycles. The van der Waals surface area contributed by atoms with Crippen molar-refractivity contribution in [2.75, 3.05) is 13.7 Å². The topological polar surface area (TPSA) is 72.5 Å². The Kier molecular flexibility index (Phi) is 5.72. The summed E-state index contributed by atoms with van der Waals surface area (Å²) in [4.78, 5) is 8.29. The normalized spacial score (nSPS) is 13.5. The zero-order valence-corrected chi connectivity index (χ0v) is 10.7. The minimum Gasteiger partial charge on any atom is -0.383 e. The van der Waals surface area contributed by atoms with Gasteiger partial charge in [-0.2, -0.15) is 0 Å². The van der Waals surface area contributed by atoms with Crippen LogP contribution in [-0.4, -0.2) is 30.7 Å². The molecule has 6 heteroatoms. The summed E-state index contributed by atoms with van der Waals surface area (Å²) in [6.45, 7) is 2.97. The van der Waals surface area contributed by atoms with Crippen LogP contribution >= 0.6 is 11.6 Å². The number of rotatable bonds is 5. The van der Waals surface area contributed by atoms with Gasteiger partial charge in [0.15, 0.2) is 5.96 Å². The maximum absolute atomic E-state index is 5.73. The highest BCUT2D eigenvalue weighted by molar-refractivity contribution is 6.30. The van der Waals surface area contributed by atoms with Gasteiger partial charge in [0.2, 0.25) is 0 Å². The first kappa shape index (κ1) is 13.7. The summed E-state index contributed by atoms with van der Waals surface area (Å²) in [7, 11) is 1.64. The fourth-order valence-electron chi connectivity index (χ4n) is 1.26. The van der Waals surface area contributed by atoms with Gasteiger partial charge in [0, 0.05) is 19.3 Å². The summed E-state index contributed by atoms with van der Waals surface area (Å²) in [5.74, 6) is 0.381. The zero-order chi connectivity index (χ0) is 12.7. The van der Waals surface area contributed by atoms with Crippen LogP contribution in [-0.2, 0) is 11.3 Å². The van der Waals surface area contributed by atoms with E-state index in [0.717, 1.165) is 5.69 Å². The van der Waals surface area contributed by atoms with Crippen molar-refractivity contribution < 1.29 is 4.74 Å². The van der Waals surface area contributed by atoms with Gasteiger partial charge >= 0.3 is 0 Å². The number of methoxy groups -OCH3 is 1. The molecule has 0 aliphatic heterocycles. The molecule has 0 spiro atoms. The van der Waals surface area contributed by atoms with E-state index in [4.69, 9.17) is 22.1 Å². The van der Waals surface area contributed by atoms with Gasteiger partial charge in [0.25, 0.3) is 0 Å². The fourth-order valence-corrected chi connectivity index (χ4v) is 1.37. The molecule has 1 heterocycles. The first-order chi connectivity index (χ1) is 8.11. The highest BCUT2D eigenvalue weighted by atomic mass is 35.5. The summed E-state index contributed by atoms with van der Waals surface area (Å²) < 4.78 is 4.98. The lowest BCUT2D eigenvalue weighted by Gasteiger charge is -2.12. The van der Waals surface area contributed by atoms with E-state index in [-0.39, 0.29) is 6.04 Å². The van der Waals surface area contributed by atoms with E-state index in [2.05, 4.69) is 15.3 Å². The Morgan fingerprint density at radius 2 is 2.41 bits per heavy atom. The number of ether oxygens (including phenoxy) is 1. The van der Waals surface area contributed by atoms with Crippen LogP contribution in [0.15, 0.2) is 23.3 Å². The molecule has 94 valence electrons. The second-order valence-electron chi connectivity index (χ2n) is 3.67. The van der Waals surface area contributed by atoms with E-state index in [1.807, 2.05) is 13.0 Å². The zero-order valence-electron chi connectivity index (χ0n) is 9.98. The summed E-state index contributed by atoms with van der Waals surface area (Å²) in [6.07, 6.45) is 1.59. The third kappa shape index (κ3) is 5.51. The van der Waals surface area contributed by atoms with Gasteiger partial charge in [-0.1, -0.05) is 11.6 Å². The molecule has 0 saturated carbocycles. The second kappa shape index (κ2) is 7.09. The largest absolute Gasteiger partial charge is 0.383 e. The summed E-state index contributed by atoms with van der Waals surface area (Å²) >= 11 is 5.73. The third-order valence-electron chi connectivity index (χ3n) is 2.01.